The number of rotatable bonds is 1. The molecule has 0 amide bonds. The molecule has 0 radical (unpaired) electrons. The van der Waals surface area contributed by atoms with Gasteiger partial charge in [-0.15, -0.1) is 37.9 Å². The van der Waals surface area contributed by atoms with Crippen LogP contribution in [-0.2, 0) is 0 Å². The quantitative estimate of drug-likeness (QED) is 0.403. The standard InChI is InChI=1S/C7H4N2O2S3/c8-2-3-1-4(12)6(13)7(14)5(3)9(10)11/h1,12-14H. The molecule has 0 aliphatic carbocycles. The lowest BCUT2D eigenvalue weighted by Crippen LogP contribution is -1.95. The number of benzene rings is 1. The molecule has 0 aromatic heterocycles. The topological polar surface area (TPSA) is 66.9 Å². The van der Waals surface area contributed by atoms with Gasteiger partial charge in [0, 0.05) is 9.79 Å². The predicted octanol–water partition coefficient (Wildman–Crippen LogP) is 2.33. The van der Waals surface area contributed by atoms with E-state index in [2.05, 4.69) is 37.9 Å². The van der Waals surface area contributed by atoms with Gasteiger partial charge in [0.25, 0.3) is 0 Å². The van der Waals surface area contributed by atoms with E-state index in [0.29, 0.717) is 9.79 Å². The maximum Gasteiger partial charge on any atom is 0.301 e. The molecule has 7 heteroatoms. The highest BCUT2D eigenvalue weighted by molar-refractivity contribution is 7.85. The molecular formula is C7H4N2O2S3. The average molecular weight is 244 g/mol. The zero-order chi connectivity index (χ0) is 10.9. The summed E-state index contributed by atoms with van der Waals surface area (Å²) < 4.78 is 0. The Kier molecular flexibility index (Phi) is 3.31. The summed E-state index contributed by atoms with van der Waals surface area (Å²) in [6.07, 6.45) is 0. The Hall–Kier alpha value is -0.840. The first-order chi connectivity index (χ1) is 6.49. The lowest BCUT2D eigenvalue weighted by molar-refractivity contribution is -0.388. The normalized spacial score (nSPS) is 9.57. The van der Waals surface area contributed by atoms with Gasteiger partial charge in [0.05, 0.1) is 9.82 Å². The number of nitro benzene ring substituents is 1. The number of nitrogens with zero attached hydrogens (tertiary/aromatic N) is 2. The minimum Gasteiger partial charge on any atom is -0.258 e. The number of hydrogen-bond donors (Lipinski definition) is 3. The summed E-state index contributed by atoms with van der Waals surface area (Å²) in [5.74, 6) is 0. The van der Waals surface area contributed by atoms with Crippen molar-refractivity contribution in [3.63, 3.8) is 0 Å². The fourth-order valence-electron chi connectivity index (χ4n) is 0.905. The molecule has 0 saturated heterocycles. The largest absolute Gasteiger partial charge is 0.301 e. The van der Waals surface area contributed by atoms with Crippen LogP contribution in [0.3, 0.4) is 0 Å². The molecule has 0 spiro atoms. The summed E-state index contributed by atoms with van der Waals surface area (Å²) in [6.45, 7) is 0. The zero-order valence-electron chi connectivity index (χ0n) is 6.63. The second kappa shape index (κ2) is 4.13. The summed E-state index contributed by atoms with van der Waals surface area (Å²) in [7, 11) is 0. The third-order valence-electron chi connectivity index (χ3n) is 1.53. The van der Waals surface area contributed by atoms with Gasteiger partial charge in [-0.2, -0.15) is 5.26 Å². The van der Waals surface area contributed by atoms with E-state index in [1.165, 1.54) is 6.07 Å². The summed E-state index contributed by atoms with van der Waals surface area (Å²) >= 11 is 11.9. The van der Waals surface area contributed by atoms with Gasteiger partial charge in [-0.25, -0.2) is 0 Å². The van der Waals surface area contributed by atoms with Crippen LogP contribution in [0.15, 0.2) is 20.8 Å². The highest BCUT2D eigenvalue weighted by Gasteiger charge is 2.21. The number of nitriles is 1. The molecule has 0 heterocycles. The van der Waals surface area contributed by atoms with Crippen molar-refractivity contribution < 1.29 is 4.92 Å². The monoisotopic (exact) mass is 244 g/mol. The molecular weight excluding hydrogens is 240 g/mol. The van der Waals surface area contributed by atoms with E-state index >= 15 is 0 Å². The van der Waals surface area contributed by atoms with Crippen molar-refractivity contribution in [2.24, 2.45) is 0 Å². The highest BCUT2D eigenvalue weighted by atomic mass is 32.1. The minimum absolute atomic E-state index is 0.0578. The lowest BCUT2D eigenvalue weighted by atomic mass is 10.2. The van der Waals surface area contributed by atoms with Gasteiger partial charge >= 0.3 is 5.69 Å². The fraction of sp³-hybridized carbons (Fsp3) is 0. The van der Waals surface area contributed by atoms with Crippen molar-refractivity contribution in [2.45, 2.75) is 14.7 Å². The minimum atomic E-state index is -0.659. The Morgan fingerprint density at radius 3 is 2.36 bits per heavy atom. The van der Waals surface area contributed by atoms with E-state index in [1.807, 2.05) is 0 Å². The van der Waals surface area contributed by atoms with E-state index in [1.54, 1.807) is 6.07 Å². The molecule has 0 unspecified atom stereocenters. The first-order valence-electron chi connectivity index (χ1n) is 3.31. The average Bonchev–Trinajstić information content (AvgIpc) is 2.12. The SMILES string of the molecule is N#Cc1cc(S)c(S)c(S)c1[N+](=O)[O-]. The van der Waals surface area contributed by atoms with Crippen LogP contribution in [0, 0.1) is 21.4 Å². The molecule has 0 saturated carbocycles. The molecule has 0 aliphatic heterocycles. The third-order valence-corrected chi connectivity index (χ3v) is 3.14. The van der Waals surface area contributed by atoms with Gasteiger partial charge < -0.3 is 0 Å². The zero-order valence-corrected chi connectivity index (χ0v) is 9.31. The molecule has 1 aromatic carbocycles. The molecule has 0 fully saturated rings. The summed E-state index contributed by atoms with van der Waals surface area (Å²) in [5, 5.41) is 19.3. The Balaban J connectivity index is 3.64. The molecule has 0 bridgehead atoms. The van der Waals surface area contributed by atoms with Crippen LogP contribution in [0.25, 0.3) is 0 Å². The number of nitro groups is 1. The number of thiol groups is 3. The molecule has 1 rings (SSSR count). The van der Waals surface area contributed by atoms with E-state index in [4.69, 9.17) is 5.26 Å². The molecule has 0 N–H and O–H groups in total. The van der Waals surface area contributed by atoms with Gasteiger partial charge in [-0.3, -0.25) is 10.1 Å². The van der Waals surface area contributed by atoms with Crippen LogP contribution in [0.5, 0.6) is 0 Å². The van der Waals surface area contributed by atoms with Crippen molar-refractivity contribution in [2.75, 3.05) is 0 Å². The first kappa shape index (κ1) is 11.2. The van der Waals surface area contributed by atoms with Crippen molar-refractivity contribution in [1.29, 1.82) is 5.26 Å². The molecule has 14 heavy (non-hydrogen) atoms. The Bertz CT molecular complexity index is 453. The van der Waals surface area contributed by atoms with Gasteiger partial charge in [0.2, 0.25) is 0 Å². The third kappa shape index (κ3) is 1.82. The Morgan fingerprint density at radius 1 is 1.36 bits per heavy atom. The van der Waals surface area contributed by atoms with Crippen molar-refractivity contribution in [1.82, 2.24) is 0 Å². The molecule has 4 nitrogen and oxygen atoms in total. The van der Waals surface area contributed by atoms with Crippen molar-refractivity contribution >= 4 is 43.6 Å². The predicted molar refractivity (Wildman–Crippen MR) is 59.6 cm³/mol. The van der Waals surface area contributed by atoms with Crippen LogP contribution in [-0.4, -0.2) is 4.92 Å². The molecule has 72 valence electrons. The van der Waals surface area contributed by atoms with E-state index in [-0.39, 0.29) is 16.1 Å². The van der Waals surface area contributed by atoms with Crippen molar-refractivity contribution in [3.8, 4) is 6.07 Å². The number of hydrogen-bond acceptors (Lipinski definition) is 6. The van der Waals surface area contributed by atoms with E-state index < -0.39 is 4.92 Å². The van der Waals surface area contributed by atoms with Crippen LogP contribution in [0.1, 0.15) is 5.56 Å². The Labute approximate surface area is 96.3 Å². The summed E-state index contributed by atoms with van der Waals surface area (Å²) in [6, 6.07) is 3.01. The van der Waals surface area contributed by atoms with Crippen LogP contribution in [0.2, 0.25) is 0 Å². The van der Waals surface area contributed by atoms with Gasteiger partial charge in [0.15, 0.2) is 0 Å². The Morgan fingerprint density at radius 2 is 1.93 bits per heavy atom. The highest BCUT2D eigenvalue weighted by Crippen LogP contribution is 2.36. The van der Waals surface area contributed by atoms with Crippen LogP contribution < -0.4 is 0 Å². The van der Waals surface area contributed by atoms with Gasteiger partial charge in [-0.1, -0.05) is 0 Å². The van der Waals surface area contributed by atoms with E-state index in [0.717, 1.165) is 0 Å². The smallest absolute Gasteiger partial charge is 0.258 e. The lowest BCUT2D eigenvalue weighted by Gasteiger charge is -2.04. The molecule has 1 aromatic rings. The maximum absolute atomic E-state index is 10.6. The molecule has 0 atom stereocenters. The second-order valence-corrected chi connectivity index (χ2v) is 3.73. The van der Waals surface area contributed by atoms with Gasteiger partial charge in [0.1, 0.15) is 11.6 Å². The van der Waals surface area contributed by atoms with Crippen LogP contribution >= 0.6 is 37.9 Å². The van der Waals surface area contributed by atoms with Gasteiger partial charge in [-0.05, 0) is 6.07 Å². The maximum atomic E-state index is 10.6. The summed E-state index contributed by atoms with van der Waals surface area (Å²) in [4.78, 5) is 10.7. The fourth-order valence-corrected chi connectivity index (χ4v) is 1.73. The van der Waals surface area contributed by atoms with E-state index in [9.17, 15) is 10.1 Å². The summed E-state index contributed by atoms with van der Waals surface area (Å²) in [5.41, 5.74) is -0.401. The molecule has 0 aliphatic rings. The van der Waals surface area contributed by atoms with Crippen molar-refractivity contribution in [3.05, 3.63) is 21.7 Å². The first-order valence-corrected chi connectivity index (χ1v) is 4.65. The van der Waals surface area contributed by atoms with Crippen LogP contribution in [0.4, 0.5) is 5.69 Å². The second-order valence-electron chi connectivity index (χ2n) is 2.36.